The van der Waals surface area contributed by atoms with Gasteiger partial charge in [0.15, 0.2) is 6.61 Å². The van der Waals surface area contributed by atoms with E-state index in [1.165, 1.54) is 6.92 Å². The number of carbonyl (C=O) groups is 2. The van der Waals surface area contributed by atoms with Gasteiger partial charge in [-0.2, -0.15) is 0 Å². The standard InChI is InChI=1S/C11H10F3NO3/c1-6(16)15-9-4-7(2-3-8(9)12)11(17)18-5-10(13)14/h2-4,10H,5H2,1H3,(H,15,16). The number of benzene rings is 1. The number of anilines is 1. The van der Waals surface area contributed by atoms with E-state index in [2.05, 4.69) is 10.1 Å². The Morgan fingerprint density at radius 2 is 2.06 bits per heavy atom. The molecular formula is C11H10F3NO3. The van der Waals surface area contributed by atoms with Crippen LogP contribution in [0.5, 0.6) is 0 Å². The van der Waals surface area contributed by atoms with Gasteiger partial charge in [0.25, 0.3) is 6.43 Å². The van der Waals surface area contributed by atoms with Gasteiger partial charge in [0, 0.05) is 6.92 Å². The van der Waals surface area contributed by atoms with Crippen molar-refractivity contribution in [3.8, 4) is 0 Å². The Kier molecular flexibility index (Phi) is 4.70. The first-order chi connectivity index (χ1) is 8.40. The van der Waals surface area contributed by atoms with E-state index in [4.69, 9.17) is 0 Å². The number of hydrogen-bond acceptors (Lipinski definition) is 3. The third kappa shape index (κ3) is 4.08. The summed E-state index contributed by atoms with van der Waals surface area (Å²) in [5.41, 5.74) is -0.338. The summed E-state index contributed by atoms with van der Waals surface area (Å²) >= 11 is 0. The number of hydrogen-bond donors (Lipinski definition) is 1. The molecule has 0 bridgehead atoms. The molecular weight excluding hydrogens is 251 g/mol. The minimum atomic E-state index is -2.77. The van der Waals surface area contributed by atoms with Crippen molar-refractivity contribution in [2.75, 3.05) is 11.9 Å². The third-order valence-electron chi connectivity index (χ3n) is 1.85. The van der Waals surface area contributed by atoms with Gasteiger partial charge in [-0.3, -0.25) is 4.79 Å². The molecule has 0 saturated heterocycles. The molecule has 0 aromatic heterocycles. The molecule has 7 heteroatoms. The molecule has 1 aromatic carbocycles. The van der Waals surface area contributed by atoms with Crippen LogP contribution in [0.2, 0.25) is 0 Å². The molecule has 0 unspecified atom stereocenters. The van der Waals surface area contributed by atoms with Crippen LogP contribution in [0.1, 0.15) is 17.3 Å². The molecule has 98 valence electrons. The molecule has 0 heterocycles. The van der Waals surface area contributed by atoms with Crippen molar-refractivity contribution in [2.24, 2.45) is 0 Å². The van der Waals surface area contributed by atoms with Crippen molar-refractivity contribution in [1.82, 2.24) is 0 Å². The fourth-order valence-electron chi connectivity index (χ4n) is 1.16. The summed E-state index contributed by atoms with van der Waals surface area (Å²) < 4.78 is 41.1. The number of rotatable bonds is 4. The van der Waals surface area contributed by atoms with Crippen molar-refractivity contribution in [1.29, 1.82) is 0 Å². The normalized spacial score (nSPS) is 10.3. The van der Waals surface area contributed by atoms with E-state index in [1.807, 2.05) is 0 Å². The molecule has 0 spiro atoms. The van der Waals surface area contributed by atoms with Crippen LogP contribution < -0.4 is 5.32 Å². The largest absolute Gasteiger partial charge is 0.456 e. The highest BCUT2D eigenvalue weighted by molar-refractivity contribution is 5.93. The summed E-state index contributed by atoms with van der Waals surface area (Å²) in [6, 6.07) is 3.03. The van der Waals surface area contributed by atoms with Crippen molar-refractivity contribution >= 4 is 17.6 Å². The quantitative estimate of drug-likeness (QED) is 0.845. The lowest BCUT2D eigenvalue weighted by Gasteiger charge is -2.07. The zero-order valence-corrected chi connectivity index (χ0v) is 9.38. The van der Waals surface area contributed by atoms with Gasteiger partial charge >= 0.3 is 5.97 Å². The average molecular weight is 261 g/mol. The summed E-state index contributed by atoms with van der Waals surface area (Å²) in [5, 5.41) is 2.16. The summed E-state index contributed by atoms with van der Waals surface area (Å²) in [6.07, 6.45) is -2.77. The monoisotopic (exact) mass is 261 g/mol. The topological polar surface area (TPSA) is 55.4 Å². The second-order valence-corrected chi connectivity index (χ2v) is 3.37. The number of carbonyl (C=O) groups excluding carboxylic acids is 2. The van der Waals surface area contributed by atoms with E-state index in [9.17, 15) is 22.8 Å². The summed E-state index contributed by atoms with van der Waals surface area (Å²) in [5.74, 6) is -2.27. The van der Waals surface area contributed by atoms with E-state index in [0.29, 0.717) is 0 Å². The van der Waals surface area contributed by atoms with E-state index < -0.39 is 30.7 Å². The van der Waals surface area contributed by atoms with Crippen LogP contribution in [0, 0.1) is 5.82 Å². The molecule has 0 atom stereocenters. The van der Waals surface area contributed by atoms with E-state index in [1.54, 1.807) is 0 Å². The van der Waals surface area contributed by atoms with Gasteiger partial charge in [-0.05, 0) is 18.2 Å². The predicted octanol–water partition coefficient (Wildman–Crippen LogP) is 2.21. The molecule has 1 N–H and O–H groups in total. The Balaban J connectivity index is 2.83. The Morgan fingerprint density at radius 1 is 1.39 bits per heavy atom. The van der Waals surface area contributed by atoms with Crippen LogP contribution in [0.15, 0.2) is 18.2 Å². The Morgan fingerprint density at radius 3 is 2.61 bits per heavy atom. The SMILES string of the molecule is CC(=O)Nc1cc(C(=O)OCC(F)F)ccc1F. The molecule has 0 aliphatic rings. The minimum absolute atomic E-state index is 0.124. The number of halogens is 3. The highest BCUT2D eigenvalue weighted by atomic mass is 19.3. The van der Waals surface area contributed by atoms with Gasteiger partial charge in [0.1, 0.15) is 5.82 Å². The first-order valence-corrected chi connectivity index (χ1v) is 4.92. The third-order valence-corrected chi connectivity index (χ3v) is 1.85. The smallest absolute Gasteiger partial charge is 0.338 e. The highest BCUT2D eigenvalue weighted by Gasteiger charge is 2.13. The first kappa shape index (κ1) is 14.0. The number of nitrogens with one attached hydrogen (secondary N) is 1. The molecule has 1 rings (SSSR count). The van der Waals surface area contributed by atoms with Crippen LogP contribution in [0.4, 0.5) is 18.9 Å². The van der Waals surface area contributed by atoms with Crippen molar-refractivity contribution in [3.63, 3.8) is 0 Å². The molecule has 0 radical (unpaired) electrons. The van der Waals surface area contributed by atoms with Crippen molar-refractivity contribution in [2.45, 2.75) is 13.3 Å². The zero-order valence-electron chi connectivity index (χ0n) is 9.38. The second-order valence-electron chi connectivity index (χ2n) is 3.37. The maximum atomic E-state index is 13.2. The molecule has 1 amide bonds. The van der Waals surface area contributed by atoms with Gasteiger partial charge in [0.05, 0.1) is 11.3 Å². The molecule has 1 aromatic rings. The number of alkyl halides is 2. The van der Waals surface area contributed by atoms with E-state index in [0.717, 1.165) is 18.2 Å². The number of esters is 1. The predicted molar refractivity (Wildman–Crippen MR) is 57.0 cm³/mol. The molecule has 18 heavy (non-hydrogen) atoms. The van der Waals surface area contributed by atoms with Crippen LogP contribution in [-0.4, -0.2) is 24.9 Å². The lowest BCUT2D eigenvalue weighted by molar-refractivity contribution is -0.114. The molecule has 0 fully saturated rings. The van der Waals surface area contributed by atoms with Crippen LogP contribution in [-0.2, 0) is 9.53 Å². The van der Waals surface area contributed by atoms with Gasteiger partial charge < -0.3 is 10.1 Å². The number of ether oxygens (including phenoxy) is 1. The first-order valence-electron chi connectivity index (χ1n) is 4.92. The molecule has 0 saturated carbocycles. The Bertz CT molecular complexity index is 463. The van der Waals surface area contributed by atoms with Crippen LogP contribution in [0.25, 0.3) is 0 Å². The Labute approximate surface area is 101 Å². The summed E-state index contributed by atoms with van der Waals surface area (Å²) in [7, 11) is 0. The van der Waals surface area contributed by atoms with Gasteiger partial charge in [-0.1, -0.05) is 0 Å². The summed E-state index contributed by atoms with van der Waals surface area (Å²) in [6.45, 7) is 0.132. The van der Waals surface area contributed by atoms with E-state index in [-0.39, 0.29) is 11.3 Å². The average Bonchev–Trinajstić information content (AvgIpc) is 2.28. The fourth-order valence-corrected chi connectivity index (χ4v) is 1.16. The van der Waals surface area contributed by atoms with Crippen LogP contribution >= 0.6 is 0 Å². The van der Waals surface area contributed by atoms with E-state index >= 15 is 0 Å². The second kappa shape index (κ2) is 6.04. The summed E-state index contributed by atoms with van der Waals surface area (Å²) in [4.78, 5) is 22.1. The van der Waals surface area contributed by atoms with Gasteiger partial charge in [0.2, 0.25) is 5.91 Å². The highest BCUT2D eigenvalue weighted by Crippen LogP contribution is 2.17. The molecule has 4 nitrogen and oxygen atoms in total. The fraction of sp³-hybridized carbons (Fsp3) is 0.273. The van der Waals surface area contributed by atoms with Gasteiger partial charge in [-0.15, -0.1) is 0 Å². The van der Waals surface area contributed by atoms with Gasteiger partial charge in [-0.25, -0.2) is 18.0 Å². The van der Waals surface area contributed by atoms with Crippen molar-refractivity contribution < 1.29 is 27.5 Å². The minimum Gasteiger partial charge on any atom is -0.456 e. The van der Waals surface area contributed by atoms with Crippen molar-refractivity contribution in [3.05, 3.63) is 29.6 Å². The lowest BCUT2D eigenvalue weighted by Crippen LogP contribution is -2.13. The van der Waals surface area contributed by atoms with Crippen LogP contribution in [0.3, 0.4) is 0 Å². The maximum Gasteiger partial charge on any atom is 0.338 e. The molecule has 0 aliphatic carbocycles. The molecule has 0 aliphatic heterocycles. The Hall–Kier alpha value is -2.05. The lowest BCUT2D eigenvalue weighted by atomic mass is 10.2. The zero-order chi connectivity index (χ0) is 13.7. The number of amides is 1. The maximum absolute atomic E-state index is 13.2.